The van der Waals surface area contributed by atoms with Crippen molar-refractivity contribution in [2.75, 3.05) is 11.1 Å². The Morgan fingerprint density at radius 3 is 3.00 bits per heavy atom. The quantitative estimate of drug-likeness (QED) is 0.845. The first-order valence-electron chi connectivity index (χ1n) is 6.50. The van der Waals surface area contributed by atoms with E-state index in [4.69, 9.17) is 4.99 Å². The van der Waals surface area contributed by atoms with Crippen molar-refractivity contribution in [2.24, 2.45) is 10.9 Å². The molecule has 4 nitrogen and oxygen atoms in total. The van der Waals surface area contributed by atoms with Crippen LogP contribution in [0, 0.1) is 5.92 Å². The predicted octanol–water partition coefficient (Wildman–Crippen LogP) is 2.94. The third-order valence-electron chi connectivity index (χ3n) is 3.70. The van der Waals surface area contributed by atoms with Gasteiger partial charge in [0.05, 0.1) is 23.6 Å². The zero-order chi connectivity index (χ0) is 12.4. The van der Waals surface area contributed by atoms with Crippen molar-refractivity contribution in [3.63, 3.8) is 0 Å². The van der Waals surface area contributed by atoms with E-state index in [-0.39, 0.29) is 5.54 Å². The molecule has 2 unspecified atom stereocenters. The van der Waals surface area contributed by atoms with Crippen molar-refractivity contribution in [3.05, 3.63) is 18.7 Å². The molecule has 1 aromatic rings. The normalized spacial score (nSPS) is 31.4. The number of nitrogens with one attached hydrogen (secondary N) is 1. The van der Waals surface area contributed by atoms with Gasteiger partial charge in [-0.15, -0.1) is 0 Å². The lowest BCUT2D eigenvalue weighted by molar-refractivity contribution is 0.266. The number of hydrogen-bond donors (Lipinski definition) is 1. The van der Waals surface area contributed by atoms with Crippen LogP contribution < -0.4 is 5.32 Å². The van der Waals surface area contributed by atoms with Gasteiger partial charge in [-0.25, -0.2) is 9.97 Å². The minimum atomic E-state index is 0.195. The van der Waals surface area contributed by atoms with E-state index >= 15 is 0 Å². The van der Waals surface area contributed by atoms with Crippen molar-refractivity contribution in [2.45, 2.75) is 38.1 Å². The molecule has 1 fully saturated rings. The number of anilines is 1. The maximum Gasteiger partial charge on any atom is 0.161 e. The third kappa shape index (κ3) is 2.51. The molecular formula is C13H18N4S. The molecule has 1 saturated carbocycles. The molecule has 0 amide bonds. The average Bonchev–Trinajstić information content (AvgIpc) is 2.73. The molecule has 0 bridgehead atoms. The molecule has 1 aliphatic carbocycles. The van der Waals surface area contributed by atoms with E-state index in [1.165, 1.54) is 25.7 Å². The second-order valence-electron chi connectivity index (χ2n) is 5.38. The third-order valence-corrected chi connectivity index (χ3v) is 4.84. The smallest absolute Gasteiger partial charge is 0.161 e. The van der Waals surface area contributed by atoms with Crippen LogP contribution in [0.4, 0.5) is 5.69 Å². The summed E-state index contributed by atoms with van der Waals surface area (Å²) in [6.45, 7) is 2.34. The van der Waals surface area contributed by atoms with E-state index in [9.17, 15) is 0 Å². The molecule has 1 spiro atoms. The monoisotopic (exact) mass is 262 g/mol. The molecule has 3 rings (SSSR count). The Morgan fingerprint density at radius 2 is 2.22 bits per heavy atom. The lowest BCUT2D eigenvalue weighted by atomic mass is 9.78. The molecule has 1 N–H and O–H groups in total. The summed E-state index contributed by atoms with van der Waals surface area (Å²) in [5.74, 6) is 1.93. The molecule has 96 valence electrons. The average molecular weight is 262 g/mol. The summed E-state index contributed by atoms with van der Waals surface area (Å²) < 4.78 is 0. The zero-order valence-corrected chi connectivity index (χ0v) is 11.4. The summed E-state index contributed by atoms with van der Waals surface area (Å²) >= 11 is 1.83. The molecular weight excluding hydrogens is 244 g/mol. The molecule has 18 heavy (non-hydrogen) atoms. The maximum atomic E-state index is 4.94. The Morgan fingerprint density at radius 1 is 1.39 bits per heavy atom. The summed E-state index contributed by atoms with van der Waals surface area (Å²) in [5.41, 5.74) is 1.12. The first kappa shape index (κ1) is 12.0. The van der Waals surface area contributed by atoms with Crippen molar-refractivity contribution in [3.8, 4) is 0 Å². The predicted molar refractivity (Wildman–Crippen MR) is 75.9 cm³/mol. The van der Waals surface area contributed by atoms with Crippen molar-refractivity contribution in [1.82, 2.24) is 9.97 Å². The number of rotatable bonds is 1. The highest BCUT2D eigenvalue weighted by Gasteiger charge is 2.39. The van der Waals surface area contributed by atoms with E-state index in [1.54, 1.807) is 18.7 Å². The van der Waals surface area contributed by atoms with Gasteiger partial charge in [0.25, 0.3) is 0 Å². The second kappa shape index (κ2) is 4.88. The molecule has 1 aromatic heterocycles. The Balaban J connectivity index is 1.71. The van der Waals surface area contributed by atoms with Crippen molar-refractivity contribution in [1.29, 1.82) is 0 Å². The standard InChI is InChI=1S/C13H18N4S/c1-10-3-2-4-13(5-10)8-18-12(17-13)16-11-6-14-9-15-7-11/h6-7,9-10H,2-5,8H2,1H3,(H,16,17). The van der Waals surface area contributed by atoms with Crippen LogP contribution in [0.5, 0.6) is 0 Å². The van der Waals surface area contributed by atoms with E-state index in [1.807, 2.05) is 11.8 Å². The first-order valence-corrected chi connectivity index (χ1v) is 7.49. The highest BCUT2D eigenvalue weighted by atomic mass is 32.2. The Bertz CT molecular complexity index is 448. The molecule has 2 heterocycles. The summed E-state index contributed by atoms with van der Waals surface area (Å²) in [4.78, 5) is 12.9. The highest BCUT2D eigenvalue weighted by Crippen LogP contribution is 2.41. The Labute approximate surface area is 112 Å². The fourth-order valence-corrected chi connectivity index (χ4v) is 4.08. The summed E-state index contributed by atoms with van der Waals surface area (Å²) in [6, 6.07) is 0. The van der Waals surface area contributed by atoms with Crippen LogP contribution in [-0.2, 0) is 0 Å². The van der Waals surface area contributed by atoms with Gasteiger partial charge in [-0.2, -0.15) is 0 Å². The van der Waals surface area contributed by atoms with Gasteiger partial charge in [0.1, 0.15) is 6.33 Å². The number of thioether (sulfide) groups is 1. The molecule has 0 saturated heterocycles. The summed E-state index contributed by atoms with van der Waals surface area (Å²) in [5, 5.41) is 4.34. The van der Waals surface area contributed by atoms with Gasteiger partial charge in [0.2, 0.25) is 0 Å². The Hall–Kier alpha value is -1.10. The number of hydrogen-bond acceptors (Lipinski definition) is 5. The molecule has 2 aliphatic rings. The largest absolute Gasteiger partial charge is 0.332 e. The minimum absolute atomic E-state index is 0.195. The zero-order valence-electron chi connectivity index (χ0n) is 10.6. The van der Waals surface area contributed by atoms with E-state index in [0.717, 1.165) is 22.5 Å². The SMILES string of the molecule is CC1CCCC2(CSC(Nc3cncnc3)=N2)C1. The van der Waals surface area contributed by atoms with E-state index in [2.05, 4.69) is 22.2 Å². The first-order chi connectivity index (χ1) is 8.76. The van der Waals surface area contributed by atoms with Gasteiger partial charge >= 0.3 is 0 Å². The number of aliphatic imine (C=N–C) groups is 1. The van der Waals surface area contributed by atoms with E-state index in [0.29, 0.717) is 0 Å². The number of amidine groups is 1. The van der Waals surface area contributed by atoms with Crippen LogP contribution in [0.2, 0.25) is 0 Å². The van der Waals surface area contributed by atoms with Gasteiger partial charge < -0.3 is 5.32 Å². The number of aromatic nitrogens is 2. The van der Waals surface area contributed by atoms with Crippen LogP contribution in [0.1, 0.15) is 32.6 Å². The lowest BCUT2D eigenvalue weighted by Crippen LogP contribution is -2.33. The molecule has 1 aliphatic heterocycles. The van der Waals surface area contributed by atoms with Crippen LogP contribution in [-0.4, -0.2) is 26.4 Å². The van der Waals surface area contributed by atoms with Crippen LogP contribution in [0.25, 0.3) is 0 Å². The van der Waals surface area contributed by atoms with Crippen LogP contribution in [0.3, 0.4) is 0 Å². The summed E-state index contributed by atoms with van der Waals surface area (Å²) in [6.07, 6.45) is 10.2. The fraction of sp³-hybridized carbons (Fsp3) is 0.615. The minimum Gasteiger partial charge on any atom is -0.332 e. The topological polar surface area (TPSA) is 50.2 Å². The van der Waals surface area contributed by atoms with Crippen molar-refractivity contribution >= 4 is 22.6 Å². The molecule has 0 radical (unpaired) electrons. The fourth-order valence-electron chi connectivity index (χ4n) is 2.90. The summed E-state index contributed by atoms with van der Waals surface area (Å²) in [7, 11) is 0. The van der Waals surface area contributed by atoms with Crippen LogP contribution >= 0.6 is 11.8 Å². The lowest BCUT2D eigenvalue weighted by Gasteiger charge is -2.33. The second-order valence-corrected chi connectivity index (χ2v) is 6.35. The van der Waals surface area contributed by atoms with Gasteiger partial charge in [-0.1, -0.05) is 31.5 Å². The van der Waals surface area contributed by atoms with Crippen LogP contribution in [0.15, 0.2) is 23.7 Å². The van der Waals surface area contributed by atoms with Gasteiger partial charge in [0.15, 0.2) is 5.17 Å². The van der Waals surface area contributed by atoms with E-state index < -0.39 is 0 Å². The Kier molecular flexibility index (Phi) is 3.24. The van der Waals surface area contributed by atoms with Gasteiger partial charge in [0, 0.05) is 5.75 Å². The molecule has 2 atom stereocenters. The maximum absolute atomic E-state index is 4.94. The van der Waals surface area contributed by atoms with Gasteiger partial charge in [-0.3, -0.25) is 4.99 Å². The molecule has 5 heteroatoms. The number of nitrogens with zero attached hydrogens (tertiary/aromatic N) is 3. The molecule has 0 aromatic carbocycles. The highest BCUT2D eigenvalue weighted by molar-refractivity contribution is 8.14. The van der Waals surface area contributed by atoms with Gasteiger partial charge in [-0.05, 0) is 18.8 Å². The van der Waals surface area contributed by atoms with Crippen molar-refractivity contribution < 1.29 is 0 Å².